The quantitative estimate of drug-likeness (QED) is 0.745. The molecule has 5 heteroatoms. The standard InChI is InChI=1S/C20H18FNO2S/c1-3-13-5-11-16(12-6-13)22-19(23)17(18(20(22)24)25-4-2)14-7-9-15(21)10-8-14/h5-12H,3-4H2,1-2H3. The maximum Gasteiger partial charge on any atom is 0.272 e. The van der Waals surface area contributed by atoms with E-state index < -0.39 is 0 Å². The van der Waals surface area contributed by atoms with Crippen LogP contribution in [0.1, 0.15) is 25.0 Å². The highest BCUT2D eigenvalue weighted by molar-refractivity contribution is 8.04. The third kappa shape index (κ3) is 3.24. The van der Waals surface area contributed by atoms with Crippen molar-refractivity contribution >= 4 is 34.8 Å². The molecular weight excluding hydrogens is 337 g/mol. The van der Waals surface area contributed by atoms with Crippen molar-refractivity contribution in [1.82, 2.24) is 0 Å². The predicted octanol–water partition coefficient (Wildman–Crippen LogP) is 4.43. The molecule has 3 nitrogen and oxygen atoms in total. The Bertz CT molecular complexity index is 841. The van der Waals surface area contributed by atoms with Crippen LogP contribution in [-0.2, 0) is 16.0 Å². The monoisotopic (exact) mass is 355 g/mol. The SMILES string of the molecule is CCSC1=C(c2ccc(F)cc2)C(=O)N(c2ccc(CC)cc2)C1=O. The maximum atomic E-state index is 13.2. The van der Waals surface area contributed by atoms with E-state index in [-0.39, 0.29) is 17.6 Å². The maximum absolute atomic E-state index is 13.2. The molecule has 0 N–H and O–H groups in total. The number of nitrogens with zero attached hydrogens (tertiary/aromatic N) is 1. The Morgan fingerprint density at radius 2 is 1.56 bits per heavy atom. The van der Waals surface area contributed by atoms with Crippen LogP contribution in [0.4, 0.5) is 10.1 Å². The number of halogens is 1. The van der Waals surface area contributed by atoms with Crippen LogP contribution >= 0.6 is 11.8 Å². The van der Waals surface area contributed by atoms with E-state index in [0.29, 0.717) is 27.5 Å². The van der Waals surface area contributed by atoms with Gasteiger partial charge in [-0.1, -0.05) is 38.1 Å². The highest BCUT2D eigenvalue weighted by atomic mass is 32.2. The molecule has 1 aliphatic rings. The summed E-state index contributed by atoms with van der Waals surface area (Å²) in [6.07, 6.45) is 0.887. The van der Waals surface area contributed by atoms with E-state index in [1.807, 2.05) is 26.0 Å². The summed E-state index contributed by atoms with van der Waals surface area (Å²) in [6, 6.07) is 13.1. The summed E-state index contributed by atoms with van der Waals surface area (Å²) in [6.45, 7) is 3.97. The van der Waals surface area contributed by atoms with E-state index in [2.05, 4.69) is 0 Å². The number of thioether (sulfide) groups is 1. The van der Waals surface area contributed by atoms with Crippen molar-refractivity contribution < 1.29 is 14.0 Å². The summed E-state index contributed by atoms with van der Waals surface area (Å²) in [5.74, 6) is -0.392. The number of hydrogen-bond donors (Lipinski definition) is 0. The minimum Gasteiger partial charge on any atom is -0.268 e. The first-order valence-corrected chi connectivity index (χ1v) is 9.16. The van der Waals surface area contributed by atoms with Gasteiger partial charge in [-0.3, -0.25) is 9.59 Å². The minimum absolute atomic E-state index is 0.319. The van der Waals surface area contributed by atoms with Gasteiger partial charge in [0.2, 0.25) is 0 Å². The number of rotatable bonds is 5. The van der Waals surface area contributed by atoms with E-state index in [1.54, 1.807) is 12.1 Å². The fourth-order valence-corrected chi connectivity index (χ4v) is 3.63. The van der Waals surface area contributed by atoms with Crippen molar-refractivity contribution in [2.24, 2.45) is 0 Å². The lowest BCUT2D eigenvalue weighted by atomic mass is 10.1. The third-order valence-electron chi connectivity index (χ3n) is 4.07. The molecule has 0 spiro atoms. The molecule has 0 aromatic heterocycles. The number of amides is 2. The van der Waals surface area contributed by atoms with E-state index >= 15 is 0 Å². The Morgan fingerprint density at radius 1 is 0.920 bits per heavy atom. The number of carbonyl (C=O) groups is 2. The molecule has 25 heavy (non-hydrogen) atoms. The van der Waals surface area contributed by atoms with Gasteiger partial charge in [0.25, 0.3) is 11.8 Å². The number of hydrogen-bond acceptors (Lipinski definition) is 3. The largest absolute Gasteiger partial charge is 0.272 e. The highest BCUT2D eigenvalue weighted by Gasteiger charge is 2.39. The molecule has 0 saturated carbocycles. The molecule has 0 radical (unpaired) electrons. The zero-order valence-electron chi connectivity index (χ0n) is 14.1. The van der Waals surface area contributed by atoms with Gasteiger partial charge < -0.3 is 0 Å². The Balaban J connectivity index is 2.04. The summed E-state index contributed by atoms with van der Waals surface area (Å²) >= 11 is 1.34. The summed E-state index contributed by atoms with van der Waals surface area (Å²) in [4.78, 5) is 27.5. The van der Waals surface area contributed by atoms with Gasteiger partial charge >= 0.3 is 0 Å². The van der Waals surface area contributed by atoms with E-state index in [4.69, 9.17) is 0 Å². The zero-order valence-corrected chi connectivity index (χ0v) is 14.9. The van der Waals surface area contributed by atoms with Gasteiger partial charge in [0.15, 0.2) is 0 Å². The third-order valence-corrected chi connectivity index (χ3v) is 5.02. The smallest absolute Gasteiger partial charge is 0.268 e. The highest BCUT2D eigenvalue weighted by Crippen LogP contribution is 2.38. The lowest BCUT2D eigenvalue weighted by molar-refractivity contribution is -0.119. The summed E-state index contributed by atoms with van der Waals surface area (Å²) in [7, 11) is 0. The number of imide groups is 1. The van der Waals surface area contributed by atoms with Gasteiger partial charge in [0, 0.05) is 0 Å². The number of aryl methyl sites for hydroxylation is 1. The van der Waals surface area contributed by atoms with Crippen LogP contribution in [-0.4, -0.2) is 17.6 Å². The molecule has 2 aromatic carbocycles. The lowest BCUT2D eigenvalue weighted by Gasteiger charge is -2.15. The molecule has 1 heterocycles. The topological polar surface area (TPSA) is 37.4 Å². The van der Waals surface area contributed by atoms with Crippen LogP contribution in [0, 0.1) is 5.82 Å². The second kappa shape index (κ2) is 7.23. The second-order valence-electron chi connectivity index (χ2n) is 5.61. The van der Waals surface area contributed by atoms with Gasteiger partial charge in [-0.05, 0) is 47.6 Å². The summed E-state index contributed by atoms with van der Waals surface area (Å²) in [5.41, 5.74) is 2.59. The number of benzene rings is 2. The molecular formula is C20H18FNO2S. The van der Waals surface area contributed by atoms with Crippen LogP contribution in [0.2, 0.25) is 0 Å². The Kier molecular flexibility index (Phi) is 5.04. The fourth-order valence-electron chi connectivity index (χ4n) is 2.77. The van der Waals surface area contributed by atoms with Gasteiger partial charge in [-0.25, -0.2) is 9.29 Å². The lowest BCUT2D eigenvalue weighted by Crippen LogP contribution is -2.31. The number of carbonyl (C=O) groups excluding carboxylic acids is 2. The van der Waals surface area contributed by atoms with Gasteiger partial charge in [0.05, 0.1) is 16.2 Å². The van der Waals surface area contributed by atoms with Crippen LogP contribution in [0.3, 0.4) is 0 Å². The fraction of sp³-hybridized carbons (Fsp3) is 0.200. The van der Waals surface area contributed by atoms with Gasteiger partial charge in [-0.15, -0.1) is 11.8 Å². The minimum atomic E-state index is -0.377. The molecule has 3 rings (SSSR count). The van der Waals surface area contributed by atoms with Crippen molar-refractivity contribution in [3.63, 3.8) is 0 Å². The first-order chi connectivity index (χ1) is 12.1. The molecule has 128 valence electrons. The molecule has 1 aliphatic heterocycles. The first-order valence-electron chi connectivity index (χ1n) is 8.17. The van der Waals surface area contributed by atoms with Crippen molar-refractivity contribution in [3.05, 3.63) is 70.4 Å². The van der Waals surface area contributed by atoms with E-state index in [9.17, 15) is 14.0 Å². The Labute approximate surface area is 150 Å². The van der Waals surface area contributed by atoms with Gasteiger partial charge in [0.1, 0.15) is 5.82 Å². The van der Waals surface area contributed by atoms with Gasteiger partial charge in [-0.2, -0.15) is 0 Å². The Hall–Kier alpha value is -2.40. The molecule has 2 aromatic rings. The second-order valence-corrected chi connectivity index (χ2v) is 6.88. The molecule has 0 aliphatic carbocycles. The van der Waals surface area contributed by atoms with Crippen molar-refractivity contribution in [2.75, 3.05) is 10.7 Å². The van der Waals surface area contributed by atoms with Crippen molar-refractivity contribution in [3.8, 4) is 0 Å². The first kappa shape index (κ1) is 17.4. The van der Waals surface area contributed by atoms with Crippen LogP contribution in [0.5, 0.6) is 0 Å². The molecule has 0 atom stereocenters. The van der Waals surface area contributed by atoms with Crippen molar-refractivity contribution in [2.45, 2.75) is 20.3 Å². The number of anilines is 1. The molecule has 0 unspecified atom stereocenters. The average molecular weight is 355 g/mol. The zero-order chi connectivity index (χ0) is 18.0. The van der Waals surface area contributed by atoms with E-state index in [0.717, 1.165) is 12.0 Å². The van der Waals surface area contributed by atoms with Crippen LogP contribution < -0.4 is 4.90 Å². The molecule has 0 saturated heterocycles. The molecule has 2 amide bonds. The summed E-state index contributed by atoms with van der Waals surface area (Å²) in [5, 5.41) is 0. The van der Waals surface area contributed by atoms with Crippen molar-refractivity contribution in [1.29, 1.82) is 0 Å². The normalized spacial score (nSPS) is 14.6. The van der Waals surface area contributed by atoms with Crippen LogP contribution in [0.15, 0.2) is 53.4 Å². The molecule has 0 bridgehead atoms. The van der Waals surface area contributed by atoms with Crippen LogP contribution in [0.25, 0.3) is 5.57 Å². The van der Waals surface area contributed by atoms with E-state index in [1.165, 1.54) is 40.9 Å². The summed E-state index contributed by atoms with van der Waals surface area (Å²) < 4.78 is 13.2. The Morgan fingerprint density at radius 3 is 2.12 bits per heavy atom. The predicted molar refractivity (Wildman–Crippen MR) is 99.8 cm³/mol. The molecule has 0 fully saturated rings. The average Bonchev–Trinajstić information content (AvgIpc) is 2.87.